The van der Waals surface area contributed by atoms with Crippen LogP contribution in [0.2, 0.25) is 0 Å². The number of ether oxygens (including phenoxy) is 3. The molecule has 0 atom stereocenters. The molecule has 0 saturated carbocycles. The third kappa shape index (κ3) is 14.9. The molecule has 30 heteroatoms. The summed E-state index contributed by atoms with van der Waals surface area (Å²) in [5.41, 5.74) is -6.66. The Kier molecular flexibility index (Phi) is 12.1. The number of nitrogens with zero attached hydrogens (tertiary/aromatic N) is 18. The van der Waals surface area contributed by atoms with Crippen LogP contribution in [0.25, 0.3) is 81.8 Å². The number of aromatic amines is 3. The van der Waals surface area contributed by atoms with Gasteiger partial charge < -0.3 is 43.9 Å². The number of methoxy groups -OCH3 is 3. The summed E-state index contributed by atoms with van der Waals surface area (Å²) in [7, 11) is 3.66. The third-order valence-electron chi connectivity index (χ3n) is 16.3. The molecule has 30 nitrogen and oxygen atoms in total. The lowest BCUT2D eigenvalue weighted by molar-refractivity contribution is -0.127. The highest BCUT2D eigenvalue weighted by molar-refractivity contribution is 6.46. The van der Waals surface area contributed by atoms with Gasteiger partial charge in [-0.05, 0) is 89.4 Å². The Labute approximate surface area is 680 Å². The summed E-state index contributed by atoms with van der Waals surface area (Å²) in [5.74, 6) is -11.9. The second-order valence-corrected chi connectivity index (χ2v) is 22.8. The molecule has 0 radical (unpaired) electrons. The van der Waals surface area contributed by atoms with Gasteiger partial charge in [0.2, 0.25) is 0 Å². The molecule has 0 unspecified atom stereocenters. The van der Waals surface area contributed by atoms with E-state index in [0.29, 0.717) is 10.3 Å². The standard InChI is InChI=1S/2C27H25N7O3.C26H23N7O3/c2*1-16-5-7-18(8-6-16)23(28-3)19-9-11-33(12-10-19)27(36)25(35)20-13-29-24-22(20)21(37-4)14-30-26(24)34-15-31-17(2)32-34;1-16-30-15-33(31-16)25-23-21(20(36-3)14-29-25)19(13-28-23)24(34)26(35)32-11-9-18(10-12-32)22(27-2)17-7-5-4-6-8-17/h2*5-8,13-15,29H,9-12H2,1-2,4H3;4-8,13-15,28H,9-12H2,1,3H3/i2D3,5D,6D,7D,8D,9D2,10D2,11D2,12D2,15D;2D3,5D,6D,7D,8D,15D;1D3,9D2,10D2,11D2,12D2,15D. The number of ketones is 3. The number of hydrogen-bond donors (Lipinski definition) is 3. The van der Waals surface area contributed by atoms with Crippen molar-refractivity contribution in [3.8, 4) is 34.7 Å². The van der Waals surface area contributed by atoms with Gasteiger partial charge in [0.25, 0.3) is 35.1 Å². The molecule has 0 bridgehead atoms. The maximum atomic E-state index is 14.0. The third-order valence-corrected chi connectivity index (χ3v) is 16.3. The molecule has 3 aliphatic heterocycles. The van der Waals surface area contributed by atoms with E-state index in [4.69, 9.17) is 83.3 Å². The highest BCUT2D eigenvalue weighted by Crippen LogP contribution is 2.38. The summed E-state index contributed by atoms with van der Waals surface area (Å²) in [6.07, 6.45) is -9.95. The zero-order valence-corrected chi connectivity index (χ0v) is 57.4. The molecule has 3 aromatic carbocycles. The fourth-order valence-electron chi connectivity index (χ4n) is 11.1. The SMILES string of the molecule is [2H]c1c([2H])c(C([N+]#[C-])=C2C([2H])([2H])C([2H])([2H])N(C(=O)C(=O)c3c[nH]c4c(-n5nc(C([2H])([2H])[2H])nc5[2H])ncc(OC)c34)C([2H])([2H])C2([2H])[2H])c([2H])c([2H])c1C.[2H]c1c([2H])c(C([N+]#[C-])=C2CCN(C(=O)C(=O)c3c[nH]c4c(-n5nc(C([2H])([2H])[2H])nc5[2H])ncc(OC)c34)CC2)c([2H])c([2H])c1C.[2H]c1nc(C([2H])([2H])[2H])nn1-c1ncc(OC)c2c(C(=O)C(=O)N3C([2H])([2H])C([2H])([2H])C(=C([N+]#[C-])c4ccccc4)C([2H])([2H])C3([2H])[2H])c[nH]c12. The molecular formula is C80H73N21O9. The van der Waals surface area contributed by atoms with Crippen molar-refractivity contribution in [1.29, 1.82) is 0 Å². The molecule has 552 valence electrons. The molecule has 15 rings (SSSR count). The summed E-state index contributed by atoms with van der Waals surface area (Å²) >= 11 is 0. The first kappa shape index (κ1) is 41.5. The van der Waals surface area contributed by atoms with Gasteiger partial charge in [0.1, 0.15) is 57.7 Å². The van der Waals surface area contributed by atoms with Gasteiger partial charge in [0.15, 0.2) is 34.5 Å². The smallest absolute Gasteiger partial charge is 0.295 e. The predicted molar refractivity (Wildman–Crippen MR) is 407 cm³/mol. The number of amides is 3. The van der Waals surface area contributed by atoms with Crippen molar-refractivity contribution >= 4 is 84.9 Å². The number of hydrogen-bond acceptors (Lipinski definition) is 18. The summed E-state index contributed by atoms with van der Waals surface area (Å²) in [4.78, 5) is 124. The molecule has 3 aliphatic rings. The van der Waals surface area contributed by atoms with Gasteiger partial charge in [-0.1, -0.05) is 107 Å². The number of likely N-dealkylation sites (tertiary alicyclic amines) is 3. The first-order valence-electron chi connectivity index (χ1n) is 49.7. The Balaban J connectivity index is 0.000000184. The highest BCUT2D eigenvalue weighted by atomic mass is 16.5. The van der Waals surface area contributed by atoms with Crippen LogP contribution in [0, 0.1) is 54.1 Å². The van der Waals surface area contributed by atoms with Crippen LogP contribution in [0.4, 0.5) is 0 Å². The van der Waals surface area contributed by atoms with Crippen molar-refractivity contribution in [3.63, 3.8) is 0 Å². The van der Waals surface area contributed by atoms with Crippen LogP contribution in [0.3, 0.4) is 0 Å². The predicted octanol–water partition coefficient (Wildman–Crippen LogP) is 11.4. The number of benzene rings is 3. The van der Waals surface area contributed by atoms with E-state index in [1.165, 1.54) is 69.6 Å². The minimum atomic E-state index is -3.99. The highest BCUT2D eigenvalue weighted by Gasteiger charge is 2.35. The molecule has 12 heterocycles. The van der Waals surface area contributed by atoms with Gasteiger partial charge in [-0.25, -0.2) is 58.5 Å². The van der Waals surface area contributed by atoms with E-state index < -0.39 is 217 Å². The number of carbonyl (C=O) groups is 6. The minimum absolute atomic E-state index is 0.00958. The molecular weight excluding hydrogens is 1400 g/mol. The van der Waals surface area contributed by atoms with Crippen LogP contribution in [0.5, 0.6) is 17.2 Å². The average Bonchev–Trinajstić information content (AvgIpc) is 0.731. The topological polar surface area (TPSA) is 331 Å². The number of aromatic nitrogens is 15. The van der Waals surface area contributed by atoms with Crippen LogP contribution < -0.4 is 14.2 Å². The minimum Gasteiger partial charge on any atom is -0.494 e. The molecule has 110 heavy (non-hydrogen) atoms. The summed E-state index contributed by atoms with van der Waals surface area (Å²) < 4.78 is 316. The monoisotopic (exact) mass is 1510 g/mol. The lowest BCUT2D eigenvalue weighted by atomic mass is 9.97. The lowest BCUT2D eigenvalue weighted by Gasteiger charge is -2.28. The molecule has 12 aromatic rings. The molecule has 0 aliphatic carbocycles. The van der Waals surface area contributed by atoms with Crippen molar-refractivity contribution in [2.75, 3.05) is 60.4 Å². The molecule has 3 fully saturated rings. The molecule has 3 saturated heterocycles. The normalized spacial score (nSPS) is 22.2. The van der Waals surface area contributed by atoms with E-state index in [1.807, 2.05) is 0 Å². The zero-order valence-electron chi connectivity index (χ0n) is 93.4. The second-order valence-electron chi connectivity index (χ2n) is 22.8. The van der Waals surface area contributed by atoms with Gasteiger partial charge >= 0.3 is 0 Å². The Hall–Kier alpha value is -14.3. The van der Waals surface area contributed by atoms with E-state index in [0.717, 1.165) is 41.3 Å². The molecule has 9 aromatic heterocycles. The Morgan fingerprint density at radius 1 is 0.455 bits per heavy atom. The average molecular weight is 1510 g/mol. The van der Waals surface area contributed by atoms with Crippen molar-refractivity contribution < 1.29 is 92.3 Å². The molecule has 3 N–H and O–H groups in total. The van der Waals surface area contributed by atoms with Gasteiger partial charge in [-0.3, -0.25) is 28.8 Å². The van der Waals surface area contributed by atoms with Crippen LogP contribution in [0.15, 0.2) is 151 Å². The van der Waals surface area contributed by atoms with Crippen LogP contribution in [0.1, 0.15) is 164 Å². The number of nitrogens with one attached hydrogen (secondary N) is 3. The molecule has 0 spiro atoms. The first-order valence-corrected chi connectivity index (χ1v) is 31.7. The Morgan fingerprint density at radius 3 is 1.10 bits per heavy atom. The number of piperidine rings is 3. The summed E-state index contributed by atoms with van der Waals surface area (Å²) in [6.45, 7) is 2.25. The van der Waals surface area contributed by atoms with Gasteiger partial charge in [-0.2, -0.15) is 15.3 Å². The maximum Gasteiger partial charge on any atom is 0.295 e. The summed E-state index contributed by atoms with van der Waals surface area (Å²) in [5, 5.41) is 11.2. The van der Waals surface area contributed by atoms with E-state index >= 15 is 0 Å². The second kappa shape index (κ2) is 32.2. The maximum absolute atomic E-state index is 14.0. The fourth-order valence-corrected chi connectivity index (χ4v) is 11.1. The molecule has 3 amide bonds. The number of fused-ring (bicyclic) bond motifs is 3. The van der Waals surface area contributed by atoms with Gasteiger partial charge in [0, 0.05) is 91.9 Å². The van der Waals surface area contributed by atoms with Crippen molar-refractivity contribution in [1.82, 2.24) is 88.9 Å². The van der Waals surface area contributed by atoms with Crippen molar-refractivity contribution in [2.24, 2.45) is 0 Å². The van der Waals surface area contributed by atoms with Crippen molar-refractivity contribution in [3.05, 3.63) is 248 Å². The van der Waals surface area contributed by atoms with E-state index in [9.17, 15) is 28.8 Å². The number of carbonyl (C=O) groups excluding carboxylic acids is 6. The fraction of sp³-hybridized carbons (Fsp3) is 0.250. The largest absolute Gasteiger partial charge is 0.494 e. The van der Waals surface area contributed by atoms with Crippen LogP contribution >= 0.6 is 0 Å². The zero-order chi connectivity index (χ0) is 109. The summed E-state index contributed by atoms with van der Waals surface area (Å²) in [6, 6.07) is 2.91. The number of pyridine rings is 3. The van der Waals surface area contributed by atoms with Gasteiger partial charge in [-0.15, -0.1) is 0 Å². The van der Waals surface area contributed by atoms with E-state index in [2.05, 4.69) is 74.7 Å². The van der Waals surface area contributed by atoms with Crippen LogP contribution in [-0.4, -0.2) is 184 Å². The van der Waals surface area contributed by atoms with E-state index in [-0.39, 0.29) is 151 Å². The van der Waals surface area contributed by atoms with E-state index in [1.54, 1.807) is 6.07 Å². The number of rotatable bonds is 15. The quantitative estimate of drug-likeness (QED) is 0.0488. The number of H-pyrrole nitrogens is 3. The number of Topliss-reactive ketones (excluding diaryl/α,β-unsaturated/α-hetero) is 3. The first-order chi connectivity index (χ1) is 67.6. The number of aryl methyl sites for hydroxylation is 3. The Morgan fingerprint density at radius 2 is 0.782 bits per heavy atom. The Bertz CT molecular complexity index is 7630. The van der Waals surface area contributed by atoms with Crippen LogP contribution in [-0.2, 0) is 14.4 Å². The lowest BCUT2D eigenvalue weighted by Crippen LogP contribution is -2.40. The van der Waals surface area contributed by atoms with Crippen molar-refractivity contribution in [2.45, 2.75) is 72.7 Å². The van der Waals surface area contributed by atoms with Gasteiger partial charge in [0.05, 0.1) is 120 Å².